The van der Waals surface area contributed by atoms with Gasteiger partial charge in [-0.25, -0.2) is 4.39 Å². The third-order valence-corrected chi connectivity index (χ3v) is 5.00. The summed E-state index contributed by atoms with van der Waals surface area (Å²) in [7, 11) is 0. The number of carbonyl (C=O) groups is 1. The molecule has 1 aliphatic heterocycles. The number of halogens is 2. The average molecular weight is 361 g/mol. The lowest BCUT2D eigenvalue weighted by Gasteiger charge is -2.32. The van der Waals surface area contributed by atoms with E-state index in [1.54, 1.807) is 0 Å². The molecule has 0 atom stereocenters. The maximum absolute atomic E-state index is 13.1. The minimum atomic E-state index is -0.438. The topological polar surface area (TPSA) is 32.3 Å². The second-order valence-electron chi connectivity index (χ2n) is 6.54. The van der Waals surface area contributed by atoms with Gasteiger partial charge in [0.2, 0.25) is 0 Å². The van der Waals surface area contributed by atoms with Crippen molar-refractivity contribution in [1.29, 1.82) is 0 Å². The number of piperidine rings is 1. The molecule has 0 spiro atoms. The Labute approximate surface area is 152 Å². The van der Waals surface area contributed by atoms with Gasteiger partial charge in [0, 0.05) is 13.1 Å². The van der Waals surface area contributed by atoms with Gasteiger partial charge in [0.15, 0.2) is 0 Å². The SMILES string of the molecule is O=C(NCC1CCN(Cc2ccccc2)CC1)c1ccc(F)cc1Cl. The van der Waals surface area contributed by atoms with Crippen LogP contribution in [0.2, 0.25) is 5.02 Å². The molecule has 1 aliphatic rings. The largest absolute Gasteiger partial charge is 0.352 e. The molecule has 2 aromatic carbocycles. The summed E-state index contributed by atoms with van der Waals surface area (Å²) in [5.41, 5.74) is 1.66. The Morgan fingerprint density at radius 3 is 2.56 bits per heavy atom. The molecule has 3 rings (SSSR count). The number of hydrogen-bond donors (Lipinski definition) is 1. The Kier molecular flexibility index (Phi) is 6.05. The summed E-state index contributed by atoms with van der Waals surface area (Å²) in [4.78, 5) is 14.6. The smallest absolute Gasteiger partial charge is 0.252 e. The van der Waals surface area contributed by atoms with Gasteiger partial charge in [-0.1, -0.05) is 41.9 Å². The van der Waals surface area contributed by atoms with Crippen LogP contribution in [0.25, 0.3) is 0 Å². The molecule has 0 radical (unpaired) electrons. The maximum atomic E-state index is 13.1. The number of rotatable bonds is 5. The van der Waals surface area contributed by atoms with Crippen LogP contribution in [0.5, 0.6) is 0 Å². The third-order valence-electron chi connectivity index (χ3n) is 4.68. The van der Waals surface area contributed by atoms with Gasteiger partial charge in [-0.3, -0.25) is 9.69 Å². The molecule has 0 saturated carbocycles. The van der Waals surface area contributed by atoms with Crippen LogP contribution in [0, 0.1) is 11.7 Å². The summed E-state index contributed by atoms with van der Waals surface area (Å²) in [6, 6.07) is 14.3. The van der Waals surface area contributed by atoms with Gasteiger partial charge in [-0.15, -0.1) is 0 Å². The Bertz CT molecular complexity index is 715. The fourth-order valence-electron chi connectivity index (χ4n) is 3.20. The lowest BCUT2D eigenvalue weighted by atomic mass is 9.96. The molecular weight excluding hydrogens is 339 g/mol. The van der Waals surface area contributed by atoms with Crippen molar-refractivity contribution in [3.63, 3.8) is 0 Å². The van der Waals surface area contributed by atoms with Crippen LogP contribution in [-0.4, -0.2) is 30.4 Å². The zero-order valence-electron chi connectivity index (χ0n) is 14.1. The number of likely N-dealkylation sites (tertiary alicyclic amines) is 1. The number of amides is 1. The highest BCUT2D eigenvalue weighted by Gasteiger charge is 2.20. The van der Waals surface area contributed by atoms with E-state index in [1.807, 2.05) is 6.07 Å². The highest BCUT2D eigenvalue weighted by atomic mass is 35.5. The van der Waals surface area contributed by atoms with Gasteiger partial charge in [-0.2, -0.15) is 0 Å². The van der Waals surface area contributed by atoms with Gasteiger partial charge < -0.3 is 5.32 Å². The lowest BCUT2D eigenvalue weighted by molar-refractivity contribution is 0.0935. The summed E-state index contributed by atoms with van der Waals surface area (Å²) >= 11 is 5.93. The zero-order valence-corrected chi connectivity index (χ0v) is 14.8. The van der Waals surface area contributed by atoms with Gasteiger partial charge in [-0.05, 0) is 55.6 Å². The van der Waals surface area contributed by atoms with Gasteiger partial charge >= 0.3 is 0 Å². The number of nitrogens with one attached hydrogen (secondary N) is 1. The summed E-state index contributed by atoms with van der Waals surface area (Å²) in [5, 5.41) is 3.08. The summed E-state index contributed by atoms with van der Waals surface area (Å²) < 4.78 is 13.1. The predicted molar refractivity (Wildman–Crippen MR) is 98.2 cm³/mol. The minimum absolute atomic E-state index is 0.148. The highest BCUT2D eigenvalue weighted by molar-refractivity contribution is 6.33. The summed E-state index contributed by atoms with van der Waals surface area (Å²) in [6.45, 7) is 3.68. The van der Waals surface area contributed by atoms with E-state index in [4.69, 9.17) is 11.6 Å². The first kappa shape index (κ1) is 17.9. The van der Waals surface area contributed by atoms with Crippen LogP contribution in [-0.2, 0) is 6.54 Å². The van der Waals surface area contributed by atoms with Crippen molar-refractivity contribution in [3.8, 4) is 0 Å². The van der Waals surface area contributed by atoms with Crippen molar-refractivity contribution in [2.24, 2.45) is 5.92 Å². The maximum Gasteiger partial charge on any atom is 0.252 e. The van der Waals surface area contributed by atoms with Crippen molar-refractivity contribution in [1.82, 2.24) is 10.2 Å². The van der Waals surface area contributed by atoms with E-state index in [9.17, 15) is 9.18 Å². The average Bonchev–Trinajstić information content (AvgIpc) is 2.62. The number of benzene rings is 2. The molecule has 3 nitrogen and oxygen atoms in total. The molecule has 5 heteroatoms. The van der Waals surface area contributed by atoms with Crippen molar-refractivity contribution < 1.29 is 9.18 Å². The van der Waals surface area contributed by atoms with Gasteiger partial charge in [0.1, 0.15) is 5.82 Å². The quantitative estimate of drug-likeness (QED) is 0.869. The van der Waals surface area contributed by atoms with E-state index in [0.29, 0.717) is 18.0 Å². The van der Waals surface area contributed by atoms with Crippen molar-refractivity contribution in [2.45, 2.75) is 19.4 Å². The minimum Gasteiger partial charge on any atom is -0.352 e. The van der Waals surface area contributed by atoms with Crippen molar-refractivity contribution >= 4 is 17.5 Å². The lowest BCUT2D eigenvalue weighted by Crippen LogP contribution is -2.38. The van der Waals surface area contributed by atoms with Crippen LogP contribution in [0.1, 0.15) is 28.8 Å². The van der Waals surface area contributed by atoms with Crippen molar-refractivity contribution in [2.75, 3.05) is 19.6 Å². The molecule has 0 aromatic heterocycles. The molecule has 2 aromatic rings. The Hall–Kier alpha value is -1.91. The van der Waals surface area contributed by atoms with E-state index in [1.165, 1.54) is 23.8 Å². The highest BCUT2D eigenvalue weighted by Crippen LogP contribution is 2.20. The fraction of sp³-hybridized carbons (Fsp3) is 0.350. The molecular formula is C20H22ClFN2O. The first-order chi connectivity index (χ1) is 12.1. The standard InChI is InChI=1S/C20H22ClFN2O/c21-19-12-17(22)6-7-18(19)20(25)23-13-15-8-10-24(11-9-15)14-16-4-2-1-3-5-16/h1-7,12,15H,8-11,13-14H2,(H,23,25). The van der Waals surface area contributed by atoms with Crippen LogP contribution < -0.4 is 5.32 Å². The monoisotopic (exact) mass is 360 g/mol. The molecule has 1 saturated heterocycles. The second kappa shape index (κ2) is 8.45. The van der Waals surface area contributed by atoms with Gasteiger partial charge in [0.05, 0.1) is 10.6 Å². The number of carbonyl (C=O) groups excluding carboxylic acids is 1. The Morgan fingerprint density at radius 1 is 1.16 bits per heavy atom. The van der Waals surface area contributed by atoms with Crippen LogP contribution in [0.3, 0.4) is 0 Å². The molecule has 1 N–H and O–H groups in total. The molecule has 0 unspecified atom stereocenters. The fourth-order valence-corrected chi connectivity index (χ4v) is 3.45. The molecule has 0 bridgehead atoms. The van der Waals surface area contributed by atoms with E-state index >= 15 is 0 Å². The Morgan fingerprint density at radius 2 is 1.88 bits per heavy atom. The number of nitrogens with zero attached hydrogens (tertiary/aromatic N) is 1. The molecule has 0 aliphatic carbocycles. The molecule has 25 heavy (non-hydrogen) atoms. The zero-order chi connectivity index (χ0) is 17.6. The summed E-state index contributed by atoms with van der Waals surface area (Å²) in [6.07, 6.45) is 2.12. The van der Waals surface area contributed by atoms with E-state index in [0.717, 1.165) is 32.5 Å². The predicted octanol–water partition coefficient (Wildman–Crippen LogP) is 4.12. The molecule has 1 heterocycles. The van der Waals surface area contributed by atoms with E-state index < -0.39 is 5.82 Å². The number of hydrogen-bond acceptors (Lipinski definition) is 2. The molecule has 1 amide bonds. The summed E-state index contributed by atoms with van der Waals surface area (Å²) in [5.74, 6) is -0.209. The van der Waals surface area contributed by atoms with Crippen LogP contribution >= 0.6 is 11.6 Å². The first-order valence-electron chi connectivity index (χ1n) is 8.61. The normalized spacial score (nSPS) is 15.9. The third kappa shape index (κ3) is 5.03. The molecule has 132 valence electrons. The second-order valence-corrected chi connectivity index (χ2v) is 6.95. The first-order valence-corrected chi connectivity index (χ1v) is 8.99. The Balaban J connectivity index is 1.44. The van der Waals surface area contributed by atoms with E-state index in [2.05, 4.69) is 34.5 Å². The van der Waals surface area contributed by atoms with Crippen molar-refractivity contribution in [3.05, 3.63) is 70.5 Å². The van der Waals surface area contributed by atoms with E-state index in [-0.39, 0.29) is 10.9 Å². The van der Waals surface area contributed by atoms with Crippen LogP contribution in [0.4, 0.5) is 4.39 Å². The molecule has 1 fully saturated rings. The van der Waals surface area contributed by atoms with Crippen LogP contribution in [0.15, 0.2) is 48.5 Å². The van der Waals surface area contributed by atoms with Gasteiger partial charge in [0.25, 0.3) is 5.91 Å².